The van der Waals surface area contributed by atoms with E-state index in [1.54, 1.807) is 0 Å². The molecule has 2 aliphatic rings. The number of likely N-dealkylation sites (tertiary alicyclic amines) is 1. The highest BCUT2D eigenvalue weighted by Gasteiger charge is 2.45. The Bertz CT molecular complexity index is 477. The second-order valence-corrected chi connectivity index (χ2v) is 5.50. The van der Waals surface area contributed by atoms with Gasteiger partial charge in [-0.2, -0.15) is 0 Å². The van der Waals surface area contributed by atoms with E-state index in [0.29, 0.717) is 0 Å². The molecule has 1 aromatic carbocycles. The van der Waals surface area contributed by atoms with E-state index in [2.05, 4.69) is 41.2 Å². The van der Waals surface area contributed by atoms with Crippen LogP contribution in [-0.2, 0) is 12.0 Å². The monoisotopic (exact) mass is 244 g/mol. The van der Waals surface area contributed by atoms with E-state index in [4.69, 9.17) is 0 Å². The number of hydrogen-bond acceptors (Lipinski definition) is 3. The number of benzene rings is 1. The highest BCUT2D eigenvalue weighted by Crippen LogP contribution is 2.40. The van der Waals surface area contributed by atoms with Gasteiger partial charge in [-0.05, 0) is 44.0 Å². The first kappa shape index (κ1) is 11.7. The van der Waals surface area contributed by atoms with Crippen LogP contribution in [-0.4, -0.2) is 28.9 Å². The molecule has 1 saturated heterocycles. The summed E-state index contributed by atoms with van der Waals surface area (Å²) in [4.78, 5) is 2.48. The van der Waals surface area contributed by atoms with Crippen LogP contribution in [0.15, 0.2) is 29.4 Å². The molecule has 1 atom stereocenters. The van der Waals surface area contributed by atoms with Gasteiger partial charge in [0, 0.05) is 6.42 Å². The molecule has 0 amide bonds. The Labute approximate surface area is 108 Å². The van der Waals surface area contributed by atoms with Crippen molar-refractivity contribution in [2.45, 2.75) is 38.1 Å². The molecule has 1 unspecified atom stereocenters. The van der Waals surface area contributed by atoms with Gasteiger partial charge < -0.3 is 5.21 Å². The molecular formula is C15H20N2O. The Morgan fingerprint density at radius 3 is 2.61 bits per heavy atom. The summed E-state index contributed by atoms with van der Waals surface area (Å²) in [6.45, 7) is 4.41. The SMILES string of the molecule is CC1(N2CCCCC2)C(=NO)Cc2ccccc21. The molecule has 96 valence electrons. The third-order valence-electron chi connectivity index (χ3n) is 4.57. The summed E-state index contributed by atoms with van der Waals surface area (Å²) in [5, 5.41) is 13.0. The first-order chi connectivity index (χ1) is 8.76. The Morgan fingerprint density at radius 2 is 1.89 bits per heavy atom. The maximum absolute atomic E-state index is 9.37. The normalized spacial score (nSPS) is 30.6. The van der Waals surface area contributed by atoms with E-state index in [1.807, 2.05) is 0 Å². The quantitative estimate of drug-likeness (QED) is 0.609. The first-order valence-corrected chi connectivity index (χ1v) is 6.81. The number of fused-ring (bicyclic) bond motifs is 1. The van der Waals surface area contributed by atoms with E-state index in [0.717, 1.165) is 25.2 Å². The number of oxime groups is 1. The molecule has 0 radical (unpaired) electrons. The summed E-state index contributed by atoms with van der Waals surface area (Å²) in [5.74, 6) is 0. The minimum absolute atomic E-state index is 0.203. The lowest BCUT2D eigenvalue weighted by molar-refractivity contribution is 0.131. The molecule has 18 heavy (non-hydrogen) atoms. The maximum Gasteiger partial charge on any atom is 0.0860 e. The highest BCUT2D eigenvalue weighted by molar-refractivity contribution is 5.99. The Kier molecular flexibility index (Phi) is 2.86. The standard InChI is InChI=1S/C15H20N2O/c1-15(17-9-5-2-6-10-17)13-8-4-3-7-12(13)11-14(15)16-18/h3-4,7-8,18H,2,5-6,9-11H2,1H3. The van der Waals surface area contributed by atoms with Crippen LogP contribution in [0.5, 0.6) is 0 Å². The number of hydrogen-bond donors (Lipinski definition) is 1. The predicted molar refractivity (Wildman–Crippen MR) is 72.1 cm³/mol. The lowest BCUT2D eigenvalue weighted by Gasteiger charge is -2.41. The van der Waals surface area contributed by atoms with Crippen molar-refractivity contribution < 1.29 is 5.21 Å². The molecule has 0 saturated carbocycles. The van der Waals surface area contributed by atoms with Gasteiger partial charge in [-0.3, -0.25) is 4.90 Å². The van der Waals surface area contributed by atoms with Crippen LogP contribution < -0.4 is 0 Å². The Balaban J connectivity index is 2.06. The van der Waals surface area contributed by atoms with Crippen LogP contribution in [0, 0.1) is 0 Å². The van der Waals surface area contributed by atoms with Crippen molar-refractivity contribution in [3.8, 4) is 0 Å². The van der Waals surface area contributed by atoms with Gasteiger partial charge in [-0.25, -0.2) is 0 Å². The van der Waals surface area contributed by atoms with Gasteiger partial charge in [0.1, 0.15) is 0 Å². The summed E-state index contributed by atoms with van der Waals surface area (Å²) in [7, 11) is 0. The first-order valence-electron chi connectivity index (χ1n) is 6.81. The lowest BCUT2D eigenvalue weighted by Crippen LogP contribution is -2.50. The molecule has 1 aliphatic carbocycles. The summed E-state index contributed by atoms with van der Waals surface area (Å²) in [6.07, 6.45) is 4.59. The predicted octanol–water partition coefficient (Wildman–Crippen LogP) is 2.77. The van der Waals surface area contributed by atoms with Crippen molar-refractivity contribution in [3.05, 3.63) is 35.4 Å². The topological polar surface area (TPSA) is 35.8 Å². The number of nitrogens with zero attached hydrogens (tertiary/aromatic N) is 2. The maximum atomic E-state index is 9.37. The zero-order chi connectivity index (χ0) is 12.6. The average molecular weight is 244 g/mol. The van der Waals surface area contributed by atoms with Crippen molar-refractivity contribution in [1.29, 1.82) is 0 Å². The third kappa shape index (κ3) is 1.57. The number of piperidine rings is 1. The average Bonchev–Trinajstić information content (AvgIpc) is 2.74. The summed E-state index contributed by atoms with van der Waals surface area (Å²) >= 11 is 0. The van der Waals surface area contributed by atoms with Gasteiger partial charge in [0.05, 0.1) is 11.3 Å². The molecule has 3 rings (SSSR count). The van der Waals surface area contributed by atoms with E-state index in [1.165, 1.54) is 30.4 Å². The largest absolute Gasteiger partial charge is 0.411 e. The summed E-state index contributed by atoms with van der Waals surface area (Å²) in [5.41, 5.74) is 3.31. The minimum Gasteiger partial charge on any atom is -0.411 e. The Hall–Kier alpha value is -1.35. The van der Waals surface area contributed by atoms with E-state index in [9.17, 15) is 5.21 Å². The molecule has 1 aromatic rings. The second kappa shape index (κ2) is 4.39. The summed E-state index contributed by atoms with van der Waals surface area (Å²) in [6, 6.07) is 8.48. The smallest absolute Gasteiger partial charge is 0.0860 e. The van der Waals surface area contributed by atoms with Gasteiger partial charge in [-0.1, -0.05) is 35.8 Å². The molecule has 1 N–H and O–H groups in total. The third-order valence-corrected chi connectivity index (χ3v) is 4.57. The van der Waals surface area contributed by atoms with Crippen molar-refractivity contribution >= 4 is 5.71 Å². The van der Waals surface area contributed by atoms with Crippen LogP contribution in [0.25, 0.3) is 0 Å². The number of rotatable bonds is 1. The lowest BCUT2D eigenvalue weighted by atomic mass is 9.88. The molecule has 3 nitrogen and oxygen atoms in total. The molecule has 3 heteroatoms. The minimum atomic E-state index is -0.203. The Morgan fingerprint density at radius 1 is 1.17 bits per heavy atom. The van der Waals surface area contributed by atoms with Crippen LogP contribution in [0.4, 0.5) is 0 Å². The van der Waals surface area contributed by atoms with E-state index < -0.39 is 0 Å². The van der Waals surface area contributed by atoms with Gasteiger partial charge in [0.15, 0.2) is 0 Å². The molecule has 1 aliphatic heterocycles. The van der Waals surface area contributed by atoms with Gasteiger partial charge >= 0.3 is 0 Å². The van der Waals surface area contributed by atoms with Gasteiger partial charge in [0.25, 0.3) is 0 Å². The molecule has 0 spiro atoms. The molecule has 0 bridgehead atoms. The zero-order valence-electron chi connectivity index (χ0n) is 10.9. The van der Waals surface area contributed by atoms with Crippen LogP contribution >= 0.6 is 0 Å². The van der Waals surface area contributed by atoms with Crippen LogP contribution in [0.1, 0.15) is 37.3 Å². The van der Waals surface area contributed by atoms with Crippen LogP contribution in [0.3, 0.4) is 0 Å². The van der Waals surface area contributed by atoms with Crippen molar-refractivity contribution in [2.24, 2.45) is 5.16 Å². The fraction of sp³-hybridized carbons (Fsp3) is 0.533. The fourth-order valence-corrected chi connectivity index (χ4v) is 3.48. The van der Waals surface area contributed by atoms with Crippen molar-refractivity contribution in [3.63, 3.8) is 0 Å². The van der Waals surface area contributed by atoms with Crippen molar-refractivity contribution in [2.75, 3.05) is 13.1 Å². The molecule has 0 aromatic heterocycles. The highest BCUT2D eigenvalue weighted by atomic mass is 16.4. The zero-order valence-corrected chi connectivity index (χ0v) is 10.9. The summed E-state index contributed by atoms with van der Waals surface area (Å²) < 4.78 is 0. The molecular weight excluding hydrogens is 224 g/mol. The molecule has 1 fully saturated rings. The van der Waals surface area contributed by atoms with E-state index >= 15 is 0 Å². The fourth-order valence-electron chi connectivity index (χ4n) is 3.48. The van der Waals surface area contributed by atoms with Crippen molar-refractivity contribution in [1.82, 2.24) is 4.90 Å². The molecule has 1 heterocycles. The van der Waals surface area contributed by atoms with E-state index in [-0.39, 0.29) is 5.54 Å². The second-order valence-electron chi connectivity index (χ2n) is 5.50. The van der Waals surface area contributed by atoms with Gasteiger partial charge in [-0.15, -0.1) is 0 Å². The van der Waals surface area contributed by atoms with Crippen LogP contribution in [0.2, 0.25) is 0 Å². The van der Waals surface area contributed by atoms with Gasteiger partial charge in [0.2, 0.25) is 0 Å².